The van der Waals surface area contributed by atoms with E-state index < -0.39 is 164 Å². The number of hydrogen-bond acceptors (Lipinski definition) is 16. The first kappa shape index (κ1) is 67.0. The lowest BCUT2D eigenvalue weighted by atomic mass is 10.0. The average Bonchev–Trinajstić information content (AvgIpc) is 3.81. The Hall–Kier alpha value is -8.31. The van der Waals surface area contributed by atoms with Crippen molar-refractivity contribution in [2.75, 3.05) is 18.6 Å². The second-order valence-corrected chi connectivity index (χ2v) is 20.8. The third-order valence-electron chi connectivity index (χ3n) is 12.4. The Labute approximate surface area is 469 Å². The highest BCUT2D eigenvalue weighted by Crippen LogP contribution is 2.20. The summed E-state index contributed by atoms with van der Waals surface area (Å²) in [4.78, 5) is 161. The Morgan fingerprint density at radius 1 is 0.580 bits per heavy atom. The summed E-state index contributed by atoms with van der Waals surface area (Å²) in [6, 6.07) is -1.82. The Morgan fingerprint density at radius 3 is 1.56 bits per heavy atom. The Bertz CT molecular complexity index is 2720. The molecule has 0 unspecified atom stereocenters. The molecule has 0 aliphatic rings. The molecule has 0 saturated carbocycles. The highest BCUT2D eigenvalue weighted by atomic mass is 32.2. The molecule has 9 amide bonds. The summed E-state index contributed by atoms with van der Waals surface area (Å²) in [6.45, 7) is 5.42. The van der Waals surface area contributed by atoms with Crippen molar-refractivity contribution >= 4 is 93.7 Å². The maximum atomic E-state index is 14.0. The van der Waals surface area contributed by atoms with Crippen molar-refractivity contribution < 1.29 is 83.1 Å². The molecule has 1 heterocycles. The van der Waals surface area contributed by atoms with Gasteiger partial charge in [0, 0.05) is 29.9 Å². The smallest absolute Gasteiger partial charge is 0.326 e. The molecule has 18 N–H and O–H groups in total. The van der Waals surface area contributed by atoms with Gasteiger partial charge in [0.15, 0.2) is 0 Å². The van der Waals surface area contributed by atoms with E-state index in [1.54, 1.807) is 76.5 Å². The molecule has 81 heavy (non-hydrogen) atoms. The van der Waals surface area contributed by atoms with E-state index in [-0.39, 0.29) is 43.1 Å². The molecule has 3 rings (SSSR count). The van der Waals surface area contributed by atoms with E-state index in [4.69, 9.17) is 11.5 Å². The number of phenolic OH excluding ortho intramolecular Hbond substituents is 1. The van der Waals surface area contributed by atoms with Crippen molar-refractivity contribution in [3.63, 3.8) is 0 Å². The number of nitrogens with two attached hydrogens (primary N) is 2. The van der Waals surface area contributed by atoms with Gasteiger partial charge in [-0.25, -0.2) is 4.79 Å². The van der Waals surface area contributed by atoms with Crippen LogP contribution in [0.1, 0.15) is 77.3 Å². The molecule has 0 bridgehead atoms. The molecule has 0 spiro atoms. The topological polar surface area (TPSA) is 470 Å². The number of para-hydroxylation sites is 1. The molecule has 9 atom stereocenters. The van der Waals surface area contributed by atoms with Gasteiger partial charge in [0.1, 0.15) is 54.1 Å². The van der Waals surface area contributed by atoms with Crippen LogP contribution in [0.15, 0.2) is 54.7 Å². The number of phenols is 1. The number of H-pyrrole nitrogens is 1. The molecule has 0 radical (unpaired) electrons. The minimum atomic E-state index is -2.03. The van der Waals surface area contributed by atoms with E-state index in [9.17, 15) is 83.1 Å². The third kappa shape index (κ3) is 22.4. The fourth-order valence-electron chi connectivity index (χ4n) is 8.11. The fraction of sp³-hybridized carbons (Fsp3) is 0.500. The molecule has 3 aromatic rings. The van der Waals surface area contributed by atoms with Gasteiger partial charge in [-0.05, 0) is 78.9 Å². The quantitative estimate of drug-likeness (QED) is 0.0292. The van der Waals surface area contributed by atoms with Crippen LogP contribution in [0.3, 0.4) is 0 Å². The number of rotatable bonds is 35. The van der Waals surface area contributed by atoms with Crippen molar-refractivity contribution in [2.24, 2.45) is 23.3 Å². The van der Waals surface area contributed by atoms with Crippen molar-refractivity contribution in [1.29, 1.82) is 0 Å². The van der Waals surface area contributed by atoms with Crippen LogP contribution in [0.25, 0.3) is 10.9 Å². The minimum absolute atomic E-state index is 0.0140. The average molecular weight is 1160 g/mol. The number of aromatic hydroxyl groups is 1. The zero-order valence-corrected chi connectivity index (χ0v) is 46.1. The summed E-state index contributed by atoms with van der Waals surface area (Å²) in [5.74, 6) is -15.1. The van der Waals surface area contributed by atoms with E-state index in [2.05, 4.69) is 47.5 Å². The van der Waals surface area contributed by atoms with E-state index >= 15 is 0 Å². The normalized spacial score (nSPS) is 14.5. The first-order chi connectivity index (χ1) is 38.1. The Balaban J connectivity index is 1.84. The number of aromatic nitrogens is 1. The van der Waals surface area contributed by atoms with Gasteiger partial charge in [-0.1, -0.05) is 58.0 Å². The largest absolute Gasteiger partial charge is 0.508 e. The zero-order chi connectivity index (χ0) is 60.7. The first-order valence-corrected chi connectivity index (χ1v) is 27.1. The number of carboxylic acid groups (broad SMARTS) is 3. The monoisotopic (exact) mass is 1160 g/mol. The van der Waals surface area contributed by atoms with E-state index in [0.717, 1.165) is 0 Å². The third-order valence-corrected chi connectivity index (χ3v) is 13.1. The molecule has 1 aromatic heterocycles. The van der Waals surface area contributed by atoms with Gasteiger partial charge in [-0.3, -0.25) is 52.7 Å². The molecule has 0 saturated heterocycles. The highest BCUT2D eigenvalue weighted by Gasteiger charge is 2.37. The number of aliphatic hydroxyl groups excluding tert-OH is 1. The van der Waals surface area contributed by atoms with Crippen LogP contribution in [0.4, 0.5) is 0 Å². The van der Waals surface area contributed by atoms with Gasteiger partial charge < -0.3 is 84.5 Å². The number of benzene rings is 2. The molecule has 0 aliphatic heterocycles. The van der Waals surface area contributed by atoms with Gasteiger partial charge in [0.2, 0.25) is 53.2 Å². The Morgan fingerprint density at radius 2 is 1.05 bits per heavy atom. The number of carbonyl (C=O) groups is 12. The number of thioether (sulfide) groups is 1. The van der Waals surface area contributed by atoms with Crippen LogP contribution in [0.2, 0.25) is 0 Å². The van der Waals surface area contributed by atoms with Crippen LogP contribution in [-0.4, -0.2) is 175 Å². The van der Waals surface area contributed by atoms with Crippen molar-refractivity contribution in [3.8, 4) is 5.75 Å². The van der Waals surface area contributed by atoms with Gasteiger partial charge in [-0.2, -0.15) is 11.8 Å². The summed E-state index contributed by atoms with van der Waals surface area (Å²) < 4.78 is 0. The van der Waals surface area contributed by atoms with Crippen molar-refractivity contribution in [2.45, 2.75) is 133 Å². The summed E-state index contributed by atoms with van der Waals surface area (Å²) >= 11 is 1.18. The van der Waals surface area contributed by atoms with Crippen molar-refractivity contribution in [3.05, 3.63) is 65.9 Å². The van der Waals surface area contributed by atoms with Gasteiger partial charge in [0.05, 0.1) is 25.5 Å². The number of hydrogen-bond donors (Lipinski definition) is 16. The minimum Gasteiger partial charge on any atom is -0.508 e. The van der Waals surface area contributed by atoms with Gasteiger partial charge in [-0.15, -0.1) is 0 Å². The zero-order valence-electron chi connectivity index (χ0n) is 45.3. The number of carbonyl (C=O) groups excluding carboxylic acids is 9. The summed E-state index contributed by atoms with van der Waals surface area (Å²) in [5, 5.41) is 68.6. The van der Waals surface area contributed by atoms with Crippen LogP contribution in [0, 0.1) is 11.8 Å². The van der Waals surface area contributed by atoms with Crippen LogP contribution in [0.5, 0.6) is 5.75 Å². The van der Waals surface area contributed by atoms with Gasteiger partial charge in [0.25, 0.3) is 0 Å². The summed E-state index contributed by atoms with van der Waals surface area (Å²) in [5.41, 5.74) is 13.3. The van der Waals surface area contributed by atoms with E-state index in [1.807, 2.05) is 0 Å². The maximum Gasteiger partial charge on any atom is 0.326 e. The first-order valence-electron chi connectivity index (χ1n) is 25.7. The molecule has 444 valence electrons. The SMILES string of the molecule is CSCC[C@H](NC(=O)[C@H](CC(=O)O)NC(=O)[C@H](CCC(N)=O)NC(=O)[C@H](CC(C)C)NC(=O)[C@@H](N)Cc1ccc(O)cc1)C(=O)N[C@@H](CC(=O)O)C(=O)N[C@@H](CO)C(=O)N[C@@H](Cc1c[nH]c2ccccc12)C(=O)N[C@H](C(=O)O)C(C)C. The Kier molecular flexibility index (Phi) is 27.0. The van der Waals surface area contributed by atoms with Crippen LogP contribution >= 0.6 is 11.8 Å². The van der Waals surface area contributed by atoms with E-state index in [1.165, 1.54) is 23.9 Å². The second kappa shape index (κ2) is 32.7. The number of fused-ring (bicyclic) bond motifs is 1. The molecular weight excluding hydrogens is 1080 g/mol. The lowest BCUT2D eigenvalue weighted by Gasteiger charge is -2.27. The standard InChI is InChI=1S/C52H73N11O17S/c1-25(2)18-35(58-44(71)31(53)19-27-10-12-29(65)13-11-27)47(74)56-33(14-15-40(54)66)45(72)60-37(21-41(67)68)48(75)57-34(16-17-81-5)46(73)61-38(22-42(69)70)49(76)62-39(24-64)51(78)59-36(50(77)63-43(26(3)4)52(79)80)20-28-23-55-32-9-7-6-8-30(28)32/h6-13,23,25-26,31,33-39,43,55,64-65H,14-22,24,53H2,1-5H3,(H2,54,66)(H,56,74)(H,57,75)(H,58,71)(H,59,78)(H,60,72)(H,61,73)(H,62,76)(H,63,77)(H,67,68)(H,69,70)(H,79,80)/t31-,33-,34-,35-,36-,37-,38-,39-,43-/m0/s1. The molecular formula is C52H73N11O17S. The predicted molar refractivity (Wildman–Crippen MR) is 292 cm³/mol. The van der Waals surface area contributed by atoms with Crippen LogP contribution < -0.4 is 54.0 Å². The van der Waals surface area contributed by atoms with Gasteiger partial charge >= 0.3 is 17.9 Å². The molecule has 0 aliphatic carbocycles. The number of carboxylic acids is 3. The molecule has 29 heteroatoms. The van der Waals surface area contributed by atoms with Crippen LogP contribution in [-0.2, 0) is 70.4 Å². The highest BCUT2D eigenvalue weighted by molar-refractivity contribution is 7.98. The van der Waals surface area contributed by atoms with E-state index in [0.29, 0.717) is 22.0 Å². The lowest BCUT2D eigenvalue weighted by molar-refractivity contribution is -0.143. The second-order valence-electron chi connectivity index (χ2n) is 19.8. The summed E-state index contributed by atoms with van der Waals surface area (Å²) in [7, 11) is 0. The molecule has 0 fully saturated rings. The maximum absolute atomic E-state index is 14.0. The number of primary amides is 1. The predicted octanol–water partition coefficient (Wildman–Crippen LogP) is -2.39. The van der Waals surface area contributed by atoms with Crippen molar-refractivity contribution in [1.82, 2.24) is 47.5 Å². The number of aliphatic carboxylic acids is 3. The molecule has 28 nitrogen and oxygen atoms in total. The number of aromatic amines is 1. The number of amides is 9. The number of nitrogens with one attached hydrogen (secondary N) is 9. The summed E-state index contributed by atoms with van der Waals surface area (Å²) in [6.07, 6.45) is -0.471. The lowest BCUT2D eigenvalue weighted by Crippen LogP contribution is -2.61. The molecule has 2 aromatic carbocycles. The fourth-order valence-corrected chi connectivity index (χ4v) is 8.58. The number of aliphatic hydroxyl groups is 1.